The van der Waals surface area contributed by atoms with Crippen molar-refractivity contribution in [3.63, 3.8) is 0 Å². The van der Waals surface area contributed by atoms with Crippen LogP contribution >= 0.6 is 0 Å². The zero-order chi connectivity index (χ0) is 14.0. The second-order valence-corrected chi connectivity index (χ2v) is 5.37. The molecule has 20 heavy (non-hydrogen) atoms. The van der Waals surface area contributed by atoms with E-state index in [1.54, 1.807) is 6.07 Å². The van der Waals surface area contributed by atoms with Gasteiger partial charge >= 0.3 is 0 Å². The number of furan rings is 1. The molecule has 1 saturated carbocycles. The molecule has 4 heteroatoms. The standard InChI is InChI=1S/C16H17NO3/c18-11-16(7-8-16)10-17-15(19)14-13(6-9-20-14)12-4-2-1-3-5-12/h1-6,9,18H,7-8,10-11H2,(H,17,19). The fourth-order valence-corrected chi connectivity index (χ4v) is 2.25. The Bertz CT molecular complexity index is 599. The molecule has 0 bridgehead atoms. The number of carbonyl (C=O) groups is 1. The fraction of sp³-hybridized carbons (Fsp3) is 0.312. The molecule has 0 atom stereocenters. The first-order valence-electron chi connectivity index (χ1n) is 6.76. The molecule has 1 heterocycles. The minimum atomic E-state index is -0.228. The lowest BCUT2D eigenvalue weighted by atomic mass is 10.1. The van der Waals surface area contributed by atoms with E-state index in [0.717, 1.165) is 24.0 Å². The van der Waals surface area contributed by atoms with Gasteiger partial charge in [0, 0.05) is 17.5 Å². The van der Waals surface area contributed by atoms with Crippen LogP contribution in [0.3, 0.4) is 0 Å². The summed E-state index contributed by atoms with van der Waals surface area (Å²) in [6.07, 6.45) is 3.46. The van der Waals surface area contributed by atoms with E-state index in [1.807, 2.05) is 30.3 Å². The quantitative estimate of drug-likeness (QED) is 0.878. The van der Waals surface area contributed by atoms with Crippen LogP contribution in [-0.2, 0) is 0 Å². The van der Waals surface area contributed by atoms with Gasteiger partial charge in [-0.05, 0) is 24.5 Å². The van der Waals surface area contributed by atoms with Crippen LogP contribution < -0.4 is 5.32 Å². The van der Waals surface area contributed by atoms with E-state index in [4.69, 9.17) is 4.42 Å². The molecule has 1 aromatic carbocycles. The summed E-state index contributed by atoms with van der Waals surface area (Å²) in [5.41, 5.74) is 1.64. The summed E-state index contributed by atoms with van der Waals surface area (Å²) in [5.74, 6) is 0.0958. The van der Waals surface area contributed by atoms with Crippen LogP contribution in [0.4, 0.5) is 0 Å². The van der Waals surface area contributed by atoms with E-state index in [2.05, 4.69) is 5.32 Å². The van der Waals surface area contributed by atoms with E-state index in [-0.39, 0.29) is 17.9 Å². The molecule has 1 fully saturated rings. The third kappa shape index (κ3) is 2.47. The number of amides is 1. The van der Waals surface area contributed by atoms with Crippen molar-refractivity contribution >= 4 is 5.91 Å². The molecule has 0 saturated heterocycles. The fourth-order valence-electron chi connectivity index (χ4n) is 2.25. The first-order valence-corrected chi connectivity index (χ1v) is 6.76. The van der Waals surface area contributed by atoms with Gasteiger partial charge in [-0.3, -0.25) is 4.79 Å². The Morgan fingerprint density at radius 2 is 2.00 bits per heavy atom. The van der Waals surface area contributed by atoms with Crippen LogP contribution in [0.15, 0.2) is 47.1 Å². The molecule has 1 amide bonds. The highest BCUT2D eigenvalue weighted by molar-refractivity contribution is 5.98. The third-order valence-electron chi connectivity index (χ3n) is 3.87. The molecule has 104 valence electrons. The average Bonchev–Trinajstić information content (AvgIpc) is 3.12. The lowest BCUT2D eigenvalue weighted by Gasteiger charge is -2.12. The van der Waals surface area contributed by atoms with Crippen LogP contribution in [-0.4, -0.2) is 24.2 Å². The molecule has 0 radical (unpaired) electrons. The van der Waals surface area contributed by atoms with Crippen LogP contribution in [0.2, 0.25) is 0 Å². The Labute approximate surface area is 117 Å². The molecule has 0 unspecified atom stereocenters. The largest absolute Gasteiger partial charge is 0.459 e. The topological polar surface area (TPSA) is 62.5 Å². The normalized spacial score (nSPS) is 15.8. The van der Waals surface area contributed by atoms with E-state index < -0.39 is 0 Å². The summed E-state index contributed by atoms with van der Waals surface area (Å²) in [7, 11) is 0. The first-order chi connectivity index (χ1) is 9.74. The Balaban J connectivity index is 1.74. The summed E-state index contributed by atoms with van der Waals surface area (Å²) >= 11 is 0. The number of carbonyl (C=O) groups excluding carboxylic acids is 1. The van der Waals surface area contributed by atoms with E-state index in [1.165, 1.54) is 6.26 Å². The number of rotatable bonds is 5. The highest BCUT2D eigenvalue weighted by Gasteiger charge is 2.42. The monoisotopic (exact) mass is 271 g/mol. The second-order valence-electron chi connectivity index (χ2n) is 5.37. The van der Waals surface area contributed by atoms with Gasteiger partial charge in [0.05, 0.1) is 12.9 Å². The van der Waals surface area contributed by atoms with Crippen molar-refractivity contribution in [1.29, 1.82) is 0 Å². The molecule has 1 aromatic heterocycles. The Hall–Kier alpha value is -2.07. The zero-order valence-corrected chi connectivity index (χ0v) is 11.1. The van der Waals surface area contributed by atoms with E-state index >= 15 is 0 Å². The average molecular weight is 271 g/mol. The Morgan fingerprint density at radius 3 is 2.65 bits per heavy atom. The summed E-state index contributed by atoms with van der Waals surface area (Å²) in [4.78, 5) is 12.2. The molecule has 2 aromatic rings. The summed E-state index contributed by atoms with van der Waals surface area (Å²) < 4.78 is 5.33. The lowest BCUT2D eigenvalue weighted by Crippen LogP contribution is -2.31. The van der Waals surface area contributed by atoms with Crippen LogP contribution in [0.1, 0.15) is 23.4 Å². The highest BCUT2D eigenvalue weighted by atomic mass is 16.3. The molecular formula is C16H17NO3. The van der Waals surface area contributed by atoms with Crippen molar-refractivity contribution in [2.45, 2.75) is 12.8 Å². The zero-order valence-electron chi connectivity index (χ0n) is 11.1. The minimum Gasteiger partial charge on any atom is -0.459 e. The van der Waals surface area contributed by atoms with Gasteiger partial charge in [-0.25, -0.2) is 0 Å². The minimum absolute atomic E-state index is 0.102. The van der Waals surface area contributed by atoms with Crippen molar-refractivity contribution in [2.24, 2.45) is 5.41 Å². The molecule has 0 aliphatic heterocycles. The predicted molar refractivity (Wildman–Crippen MR) is 75.2 cm³/mol. The number of aliphatic hydroxyl groups is 1. The second kappa shape index (κ2) is 5.13. The molecule has 1 aliphatic carbocycles. The number of hydrogen-bond donors (Lipinski definition) is 2. The summed E-state index contributed by atoms with van der Waals surface area (Å²) in [5, 5.41) is 12.1. The highest BCUT2D eigenvalue weighted by Crippen LogP contribution is 2.44. The number of nitrogens with one attached hydrogen (secondary N) is 1. The van der Waals surface area contributed by atoms with Crippen LogP contribution in [0, 0.1) is 5.41 Å². The first kappa shape index (κ1) is 12.9. The molecular weight excluding hydrogens is 254 g/mol. The maximum Gasteiger partial charge on any atom is 0.287 e. The van der Waals surface area contributed by atoms with Crippen molar-refractivity contribution in [1.82, 2.24) is 5.32 Å². The number of aliphatic hydroxyl groups excluding tert-OH is 1. The van der Waals surface area contributed by atoms with E-state index in [0.29, 0.717) is 12.3 Å². The van der Waals surface area contributed by atoms with Crippen molar-refractivity contribution in [2.75, 3.05) is 13.2 Å². The molecule has 4 nitrogen and oxygen atoms in total. The van der Waals surface area contributed by atoms with Gasteiger partial charge in [0.2, 0.25) is 0 Å². The smallest absolute Gasteiger partial charge is 0.287 e. The van der Waals surface area contributed by atoms with Gasteiger partial charge in [-0.1, -0.05) is 30.3 Å². The maximum atomic E-state index is 12.2. The maximum absolute atomic E-state index is 12.2. The lowest BCUT2D eigenvalue weighted by molar-refractivity contribution is 0.0908. The Kier molecular flexibility index (Phi) is 3.32. The molecule has 3 rings (SSSR count). The molecule has 0 spiro atoms. The van der Waals surface area contributed by atoms with Crippen LogP contribution in [0.5, 0.6) is 0 Å². The Morgan fingerprint density at radius 1 is 1.25 bits per heavy atom. The van der Waals surface area contributed by atoms with Gasteiger partial charge in [-0.15, -0.1) is 0 Å². The van der Waals surface area contributed by atoms with Crippen LogP contribution in [0.25, 0.3) is 11.1 Å². The van der Waals surface area contributed by atoms with E-state index in [9.17, 15) is 9.90 Å². The third-order valence-corrected chi connectivity index (χ3v) is 3.87. The van der Waals surface area contributed by atoms with Gasteiger partial charge in [0.25, 0.3) is 5.91 Å². The van der Waals surface area contributed by atoms with Gasteiger partial charge in [0.15, 0.2) is 5.76 Å². The SMILES string of the molecule is O=C(NCC1(CO)CC1)c1occc1-c1ccccc1. The van der Waals surface area contributed by atoms with Gasteiger partial charge < -0.3 is 14.8 Å². The van der Waals surface area contributed by atoms with Crippen molar-refractivity contribution in [3.05, 3.63) is 48.4 Å². The summed E-state index contributed by atoms with van der Waals surface area (Å²) in [6.45, 7) is 0.619. The van der Waals surface area contributed by atoms with Crippen molar-refractivity contribution in [3.8, 4) is 11.1 Å². The van der Waals surface area contributed by atoms with Crippen molar-refractivity contribution < 1.29 is 14.3 Å². The van der Waals surface area contributed by atoms with Gasteiger partial charge in [-0.2, -0.15) is 0 Å². The van der Waals surface area contributed by atoms with Gasteiger partial charge in [0.1, 0.15) is 0 Å². The summed E-state index contributed by atoms with van der Waals surface area (Å²) in [6, 6.07) is 11.5. The number of hydrogen-bond acceptors (Lipinski definition) is 3. The number of benzene rings is 1. The predicted octanol–water partition coefficient (Wildman–Crippen LogP) is 2.45. The molecule has 2 N–H and O–H groups in total. The molecule has 1 aliphatic rings.